The zero-order chi connectivity index (χ0) is 12.4. The Morgan fingerprint density at radius 3 is 3.17 bits per heavy atom. The molecule has 1 aliphatic rings. The van der Waals surface area contributed by atoms with Gasteiger partial charge in [0.05, 0.1) is 5.69 Å². The topological polar surface area (TPSA) is 29.0 Å². The molecule has 0 fully saturated rings. The third-order valence-electron chi connectivity index (χ3n) is 3.25. The van der Waals surface area contributed by atoms with Gasteiger partial charge in [0.15, 0.2) is 0 Å². The first kappa shape index (κ1) is 11.6. The van der Waals surface area contributed by atoms with E-state index in [4.69, 9.17) is 11.6 Å². The first-order chi connectivity index (χ1) is 8.81. The van der Waals surface area contributed by atoms with Gasteiger partial charge in [-0.05, 0) is 29.7 Å². The minimum absolute atomic E-state index is 0.798. The smallest absolute Gasteiger partial charge is 0.115 e. The lowest BCUT2D eigenvalue weighted by Gasteiger charge is -2.27. The third-order valence-corrected chi connectivity index (χ3v) is 3.48. The van der Waals surface area contributed by atoms with Crippen molar-refractivity contribution in [2.45, 2.75) is 19.5 Å². The van der Waals surface area contributed by atoms with E-state index in [0.717, 1.165) is 36.8 Å². The van der Waals surface area contributed by atoms with E-state index in [1.165, 1.54) is 11.1 Å². The summed E-state index contributed by atoms with van der Waals surface area (Å²) < 4.78 is 0. The lowest BCUT2D eigenvalue weighted by molar-refractivity contribution is 0.241. The summed E-state index contributed by atoms with van der Waals surface area (Å²) in [7, 11) is 0. The standard InChI is InChI=1S/C14H14ClN3/c15-13-3-1-2-11(6-13)8-18-5-4-12-7-16-10-17-14(12)9-18/h1-3,6-7,10H,4-5,8-9H2. The summed E-state index contributed by atoms with van der Waals surface area (Å²) >= 11 is 6.00. The molecule has 92 valence electrons. The molecule has 0 saturated carbocycles. The molecule has 3 nitrogen and oxygen atoms in total. The highest BCUT2D eigenvalue weighted by Crippen LogP contribution is 2.19. The van der Waals surface area contributed by atoms with Gasteiger partial charge in [0.25, 0.3) is 0 Å². The Labute approximate surface area is 111 Å². The van der Waals surface area contributed by atoms with E-state index in [0.29, 0.717) is 0 Å². The predicted octanol–water partition coefficient (Wildman–Crippen LogP) is 2.69. The van der Waals surface area contributed by atoms with Gasteiger partial charge in [-0.2, -0.15) is 0 Å². The molecule has 0 saturated heterocycles. The van der Waals surface area contributed by atoms with E-state index >= 15 is 0 Å². The summed E-state index contributed by atoms with van der Waals surface area (Å²) in [6, 6.07) is 8.04. The molecule has 0 unspecified atom stereocenters. The minimum atomic E-state index is 0.798. The van der Waals surface area contributed by atoms with Crippen LogP contribution in [0.1, 0.15) is 16.8 Å². The molecule has 1 aromatic heterocycles. The van der Waals surface area contributed by atoms with Crippen LogP contribution < -0.4 is 0 Å². The zero-order valence-electron chi connectivity index (χ0n) is 10.0. The highest BCUT2D eigenvalue weighted by Gasteiger charge is 2.17. The number of benzene rings is 1. The van der Waals surface area contributed by atoms with Crippen molar-refractivity contribution in [2.24, 2.45) is 0 Å². The monoisotopic (exact) mass is 259 g/mol. The van der Waals surface area contributed by atoms with Crippen LogP contribution in [-0.2, 0) is 19.5 Å². The molecule has 0 N–H and O–H groups in total. The van der Waals surface area contributed by atoms with E-state index < -0.39 is 0 Å². The molecule has 2 aromatic rings. The fourth-order valence-electron chi connectivity index (χ4n) is 2.33. The van der Waals surface area contributed by atoms with Crippen LogP contribution in [0.3, 0.4) is 0 Å². The van der Waals surface area contributed by atoms with Crippen LogP contribution in [0.2, 0.25) is 5.02 Å². The summed E-state index contributed by atoms with van der Waals surface area (Å²) in [5.41, 5.74) is 3.68. The van der Waals surface area contributed by atoms with Crippen LogP contribution in [0.5, 0.6) is 0 Å². The van der Waals surface area contributed by atoms with Gasteiger partial charge < -0.3 is 0 Å². The summed E-state index contributed by atoms with van der Waals surface area (Å²) in [6.45, 7) is 2.86. The second kappa shape index (κ2) is 5.04. The molecule has 0 bridgehead atoms. The van der Waals surface area contributed by atoms with E-state index in [1.54, 1.807) is 6.33 Å². The Morgan fingerprint density at radius 2 is 2.28 bits per heavy atom. The van der Waals surface area contributed by atoms with Crippen LogP contribution in [0, 0.1) is 0 Å². The molecule has 3 rings (SSSR count). The van der Waals surface area contributed by atoms with E-state index in [2.05, 4.69) is 20.9 Å². The van der Waals surface area contributed by atoms with Gasteiger partial charge in [-0.1, -0.05) is 23.7 Å². The van der Waals surface area contributed by atoms with Crippen molar-refractivity contribution in [3.63, 3.8) is 0 Å². The maximum absolute atomic E-state index is 6.00. The maximum atomic E-state index is 6.00. The Kier molecular flexibility index (Phi) is 3.26. The molecule has 2 heterocycles. The van der Waals surface area contributed by atoms with E-state index in [1.807, 2.05) is 24.4 Å². The summed E-state index contributed by atoms with van der Waals surface area (Å²) in [4.78, 5) is 10.8. The minimum Gasteiger partial charge on any atom is -0.293 e. The van der Waals surface area contributed by atoms with Crippen LogP contribution in [0.4, 0.5) is 0 Å². The lowest BCUT2D eigenvalue weighted by atomic mass is 10.1. The first-order valence-corrected chi connectivity index (χ1v) is 6.43. The number of fused-ring (bicyclic) bond motifs is 1. The average molecular weight is 260 g/mol. The largest absolute Gasteiger partial charge is 0.293 e. The molecule has 0 spiro atoms. The van der Waals surface area contributed by atoms with Crippen molar-refractivity contribution < 1.29 is 0 Å². The van der Waals surface area contributed by atoms with Crippen LogP contribution >= 0.6 is 11.6 Å². The van der Waals surface area contributed by atoms with E-state index in [9.17, 15) is 0 Å². The Bertz CT molecular complexity index is 556. The average Bonchev–Trinajstić information content (AvgIpc) is 2.39. The normalized spacial score (nSPS) is 15.4. The first-order valence-electron chi connectivity index (χ1n) is 6.06. The van der Waals surface area contributed by atoms with E-state index in [-0.39, 0.29) is 0 Å². The van der Waals surface area contributed by atoms with Gasteiger partial charge in [0.1, 0.15) is 6.33 Å². The summed E-state index contributed by atoms with van der Waals surface area (Å²) in [6.07, 6.45) is 4.58. The Morgan fingerprint density at radius 1 is 1.33 bits per heavy atom. The van der Waals surface area contributed by atoms with Crippen LogP contribution in [0.25, 0.3) is 0 Å². The maximum Gasteiger partial charge on any atom is 0.115 e. The number of halogens is 1. The van der Waals surface area contributed by atoms with Crippen molar-refractivity contribution in [3.8, 4) is 0 Å². The molecule has 1 aliphatic heterocycles. The van der Waals surface area contributed by atoms with Gasteiger partial charge in [0.2, 0.25) is 0 Å². The van der Waals surface area contributed by atoms with Gasteiger partial charge in [-0.3, -0.25) is 4.90 Å². The molecule has 4 heteroatoms. The number of rotatable bonds is 2. The second-order valence-electron chi connectivity index (χ2n) is 4.59. The van der Waals surface area contributed by atoms with Crippen molar-refractivity contribution in [3.05, 3.63) is 58.6 Å². The van der Waals surface area contributed by atoms with Gasteiger partial charge in [0, 0.05) is 30.9 Å². The van der Waals surface area contributed by atoms with Crippen LogP contribution in [0.15, 0.2) is 36.8 Å². The quantitative estimate of drug-likeness (QED) is 0.830. The summed E-state index contributed by atoms with van der Waals surface area (Å²) in [5, 5.41) is 0.798. The lowest BCUT2D eigenvalue weighted by Crippen LogP contribution is -2.30. The summed E-state index contributed by atoms with van der Waals surface area (Å²) in [5.74, 6) is 0. The highest BCUT2D eigenvalue weighted by molar-refractivity contribution is 6.30. The molecule has 18 heavy (non-hydrogen) atoms. The fourth-order valence-corrected chi connectivity index (χ4v) is 2.55. The number of nitrogens with zero attached hydrogens (tertiary/aromatic N) is 3. The number of hydrogen-bond donors (Lipinski definition) is 0. The van der Waals surface area contributed by atoms with Crippen LogP contribution in [-0.4, -0.2) is 21.4 Å². The van der Waals surface area contributed by atoms with Crippen molar-refractivity contribution in [1.29, 1.82) is 0 Å². The van der Waals surface area contributed by atoms with Crippen molar-refractivity contribution >= 4 is 11.6 Å². The molecule has 0 amide bonds. The van der Waals surface area contributed by atoms with Gasteiger partial charge in [-0.25, -0.2) is 9.97 Å². The molecule has 1 aromatic carbocycles. The number of hydrogen-bond acceptors (Lipinski definition) is 3. The van der Waals surface area contributed by atoms with Crippen molar-refractivity contribution in [2.75, 3.05) is 6.54 Å². The number of aromatic nitrogens is 2. The Hall–Kier alpha value is -1.45. The molecule has 0 aliphatic carbocycles. The third kappa shape index (κ3) is 2.52. The van der Waals surface area contributed by atoms with Crippen molar-refractivity contribution in [1.82, 2.24) is 14.9 Å². The fraction of sp³-hybridized carbons (Fsp3) is 0.286. The Balaban J connectivity index is 1.73. The molecular formula is C14H14ClN3. The molecule has 0 atom stereocenters. The molecule has 0 radical (unpaired) electrons. The highest BCUT2D eigenvalue weighted by atomic mass is 35.5. The van der Waals surface area contributed by atoms with Gasteiger partial charge in [-0.15, -0.1) is 0 Å². The van der Waals surface area contributed by atoms with Gasteiger partial charge >= 0.3 is 0 Å². The zero-order valence-corrected chi connectivity index (χ0v) is 10.8. The second-order valence-corrected chi connectivity index (χ2v) is 5.02. The SMILES string of the molecule is Clc1cccc(CN2CCc3cncnc3C2)c1. The predicted molar refractivity (Wildman–Crippen MR) is 71.3 cm³/mol. The molecular weight excluding hydrogens is 246 g/mol.